The van der Waals surface area contributed by atoms with Gasteiger partial charge in [-0.2, -0.15) is 0 Å². The number of alkyl carbamates (subject to hydrolysis) is 1. The van der Waals surface area contributed by atoms with Crippen molar-refractivity contribution in [2.75, 3.05) is 19.0 Å². The van der Waals surface area contributed by atoms with Crippen LogP contribution in [0.25, 0.3) is 0 Å². The molecule has 218 valence electrons. The molecule has 2 aliphatic rings. The van der Waals surface area contributed by atoms with E-state index in [9.17, 15) is 41.4 Å². The molecule has 0 aliphatic heterocycles. The van der Waals surface area contributed by atoms with E-state index < -0.39 is 68.1 Å². The molecule has 4 N–H and O–H groups in total. The molecule has 2 bridgehead atoms. The average molecular weight is 605 g/mol. The Balaban J connectivity index is 1.57. The Labute approximate surface area is 233 Å². The van der Waals surface area contributed by atoms with Crippen molar-refractivity contribution in [3.8, 4) is 0 Å². The second kappa shape index (κ2) is 11.2. The summed E-state index contributed by atoms with van der Waals surface area (Å²) in [6, 6.07) is 4.64. The van der Waals surface area contributed by atoms with Crippen LogP contribution in [0.15, 0.2) is 35.2 Å². The number of methoxy groups -OCH3 is 1. The van der Waals surface area contributed by atoms with Gasteiger partial charge in [0.1, 0.15) is 6.10 Å². The molecule has 0 saturated heterocycles. The third-order valence-corrected chi connectivity index (χ3v) is 10.6. The van der Waals surface area contributed by atoms with Crippen LogP contribution in [0.4, 0.5) is 23.7 Å². The molecular formula is C26H28ClF3N2O7S. The van der Waals surface area contributed by atoms with E-state index in [1.807, 2.05) is 6.92 Å². The Hall–Kier alpha value is -2.87. The molecule has 9 nitrogen and oxygen atoms in total. The number of sulfone groups is 1. The van der Waals surface area contributed by atoms with Crippen LogP contribution >= 0.6 is 11.6 Å². The first-order chi connectivity index (χ1) is 18.7. The molecule has 0 heterocycles. The molecule has 2 aliphatic carbocycles. The molecule has 4 rings (SSSR count). The highest BCUT2D eigenvalue weighted by atomic mass is 35.5. The minimum Gasteiger partial charge on any atom is -0.453 e. The number of benzene rings is 2. The van der Waals surface area contributed by atoms with Gasteiger partial charge in [0.25, 0.3) is 5.91 Å². The van der Waals surface area contributed by atoms with Crippen molar-refractivity contribution in [2.24, 2.45) is 17.8 Å². The van der Waals surface area contributed by atoms with Crippen LogP contribution < -0.4 is 10.6 Å². The summed E-state index contributed by atoms with van der Waals surface area (Å²) in [5, 5.41) is 25.7. The van der Waals surface area contributed by atoms with E-state index in [4.69, 9.17) is 11.6 Å². The van der Waals surface area contributed by atoms with Gasteiger partial charge >= 0.3 is 6.09 Å². The molecule has 2 aromatic carbocycles. The first kappa shape index (κ1) is 30.1. The fourth-order valence-electron chi connectivity index (χ4n) is 6.02. The van der Waals surface area contributed by atoms with Crippen LogP contribution in [0.2, 0.25) is 5.02 Å². The third-order valence-electron chi connectivity index (χ3n) is 7.99. The number of amides is 2. The van der Waals surface area contributed by atoms with Crippen molar-refractivity contribution < 1.29 is 46.1 Å². The molecule has 2 amide bonds. The van der Waals surface area contributed by atoms with Gasteiger partial charge in [0.15, 0.2) is 27.3 Å². The highest BCUT2D eigenvalue weighted by Crippen LogP contribution is 2.56. The van der Waals surface area contributed by atoms with E-state index in [1.54, 1.807) is 0 Å². The molecule has 2 fully saturated rings. The van der Waals surface area contributed by atoms with Gasteiger partial charge in [-0.15, -0.1) is 0 Å². The van der Waals surface area contributed by atoms with Crippen molar-refractivity contribution in [3.05, 3.63) is 58.4 Å². The molecule has 2 saturated carbocycles. The standard InChI is InChI=1S/C26H28ClF3N2O7S/c1-12-5-14-7-16(10-17(12)26(14,36)22(33)11-31-25(35)39-2)40(37,38)21-6-13(3-4-18(21)27)24(34)32-15-8-19(28)23(30)20(29)9-15/h3-4,6,8-9,12,14,16-17,22,33,36H,5,7,10-11H2,1-2H3,(H,31,35)(H,32,34)/t12-,14?,16?,17?,22?,26+/m0/s1. The Morgan fingerprint density at radius 3 is 2.40 bits per heavy atom. The normalized spacial score (nSPS) is 26.7. The van der Waals surface area contributed by atoms with Crippen LogP contribution in [0.1, 0.15) is 36.5 Å². The van der Waals surface area contributed by atoms with E-state index in [0.717, 1.165) is 13.2 Å². The molecule has 40 heavy (non-hydrogen) atoms. The Morgan fingerprint density at radius 2 is 1.80 bits per heavy atom. The number of carbonyl (C=O) groups is 2. The lowest BCUT2D eigenvalue weighted by Gasteiger charge is -2.45. The minimum absolute atomic E-state index is 0.00412. The zero-order chi connectivity index (χ0) is 29.6. The number of halogens is 4. The van der Waals surface area contributed by atoms with Gasteiger partial charge in [-0.3, -0.25) is 4.79 Å². The van der Waals surface area contributed by atoms with Crippen LogP contribution in [0, 0.1) is 35.2 Å². The molecular weight excluding hydrogens is 577 g/mol. The van der Waals surface area contributed by atoms with E-state index in [0.29, 0.717) is 18.6 Å². The van der Waals surface area contributed by atoms with Gasteiger partial charge in [-0.05, 0) is 55.2 Å². The largest absolute Gasteiger partial charge is 0.453 e. The third kappa shape index (κ3) is 5.39. The Bertz CT molecular complexity index is 1420. The van der Waals surface area contributed by atoms with Crippen LogP contribution in [0.3, 0.4) is 0 Å². The second-order valence-electron chi connectivity index (χ2n) is 10.3. The number of hydrogen-bond donors (Lipinski definition) is 4. The van der Waals surface area contributed by atoms with Crippen LogP contribution in [-0.4, -0.2) is 61.2 Å². The first-order valence-corrected chi connectivity index (χ1v) is 14.3. The van der Waals surface area contributed by atoms with E-state index >= 15 is 0 Å². The average Bonchev–Trinajstić information content (AvgIpc) is 3.02. The highest BCUT2D eigenvalue weighted by Gasteiger charge is 2.61. The maximum absolute atomic E-state index is 13.8. The number of aliphatic hydroxyl groups is 2. The van der Waals surface area contributed by atoms with Crippen molar-refractivity contribution in [3.63, 3.8) is 0 Å². The lowest BCUT2D eigenvalue weighted by Crippen LogP contribution is -2.59. The summed E-state index contributed by atoms with van der Waals surface area (Å²) in [6.45, 7) is 1.56. The highest BCUT2D eigenvalue weighted by molar-refractivity contribution is 7.92. The van der Waals surface area contributed by atoms with Crippen molar-refractivity contribution in [1.29, 1.82) is 0 Å². The zero-order valence-corrected chi connectivity index (χ0v) is 23.0. The second-order valence-corrected chi connectivity index (χ2v) is 12.9. The number of hydrogen-bond acceptors (Lipinski definition) is 7. The van der Waals surface area contributed by atoms with E-state index in [-0.39, 0.29) is 46.5 Å². The number of aliphatic hydroxyl groups excluding tert-OH is 1. The molecule has 0 aromatic heterocycles. The summed E-state index contributed by atoms with van der Waals surface area (Å²) >= 11 is 6.24. The molecule has 4 unspecified atom stereocenters. The van der Waals surface area contributed by atoms with E-state index in [2.05, 4.69) is 15.4 Å². The van der Waals surface area contributed by atoms with Gasteiger partial charge in [0, 0.05) is 29.9 Å². The lowest BCUT2D eigenvalue weighted by molar-refractivity contribution is -0.143. The summed E-state index contributed by atoms with van der Waals surface area (Å²) < 4.78 is 72.3. The minimum atomic E-state index is -4.16. The summed E-state index contributed by atoms with van der Waals surface area (Å²) in [6.07, 6.45) is -1.72. The fraction of sp³-hybridized carbons (Fsp3) is 0.462. The molecule has 14 heteroatoms. The molecule has 0 spiro atoms. The maximum atomic E-state index is 13.8. The predicted octanol–water partition coefficient (Wildman–Crippen LogP) is 3.67. The number of carbonyl (C=O) groups excluding carboxylic acids is 2. The Morgan fingerprint density at radius 1 is 1.15 bits per heavy atom. The SMILES string of the molecule is COC(=O)NCC(O)[C@@]1(O)C2CC(S(=O)(=O)c3cc(C(=O)Nc4cc(F)c(F)c(F)c4)ccc3Cl)CC1[C@@H](C)C2. The summed E-state index contributed by atoms with van der Waals surface area (Å²) in [5.74, 6) is -6.99. The fourth-order valence-corrected chi connectivity index (χ4v) is 8.40. The quantitative estimate of drug-likeness (QED) is 0.353. The molecule has 2 aromatic rings. The topological polar surface area (TPSA) is 142 Å². The number of fused-ring (bicyclic) bond motifs is 2. The lowest BCUT2D eigenvalue weighted by atomic mass is 9.70. The van der Waals surface area contributed by atoms with Gasteiger partial charge in [0.05, 0.1) is 27.9 Å². The number of anilines is 1. The summed E-state index contributed by atoms with van der Waals surface area (Å²) in [7, 11) is -3.00. The van der Waals surface area contributed by atoms with Gasteiger partial charge in [-0.25, -0.2) is 26.4 Å². The zero-order valence-electron chi connectivity index (χ0n) is 21.5. The maximum Gasteiger partial charge on any atom is 0.406 e. The smallest absolute Gasteiger partial charge is 0.406 e. The van der Waals surface area contributed by atoms with Crippen LogP contribution in [-0.2, 0) is 14.6 Å². The first-order valence-electron chi connectivity index (χ1n) is 12.4. The van der Waals surface area contributed by atoms with Gasteiger partial charge in [0.2, 0.25) is 0 Å². The van der Waals surface area contributed by atoms with Crippen molar-refractivity contribution >= 4 is 39.1 Å². The Kier molecular flexibility index (Phi) is 8.42. The summed E-state index contributed by atoms with van der Waals surface area (Å²) in [4.78, 5) is 23.9. The molecule has 0 radical (unpaired) electrons. The van der Waals surface area contributed by atoms with Crippen molar-refractivity contribution in [2.45, 2.75) is 48.0 Å². The molecule has 6 atom stereocenters. The monoisotopic (exact) mass is 604 g/mol. The van der Waals surface area contributed by atoms with Gasteiger partial charge < -0.3 is 25.6 Å². The summed E-state index contributed by atoms with van der Waals surface area (Å²) in [5.41, 5.74) is -2.20. The van der Waals surface area contributed by atoms with Gasteiger partial charge in [-0.1, -0.05) is 18.5 Å². The predicted molar refractivity (Wildman–Crippen MR) is 138 cm³/mol. The van der Waals surface area contributed by atoms with Crippen molar-refractivity contribution in [1.82, 2.24) is 5.32 Å². The van der Waals surface area contributed by atoms with Crippen LogP contribution in [0.5, 0.6) is 0 Å². The number of rotatable bonds is 7. The van der Waals surface area contributed by atoms with E-state index in [1.165, 1.54) is 12.1 Å². The number of ether oxygens (including phenoxy) is 1. The number of nitrogens with one attached hydrogen (secondary N) is 2.